The van der Waals surface area contributed by atoms with Crippen LogP contribution in [-0.4, -0.2) is 6.66 Å². The van der Waals surface area contributed by atoms with E-state index in [0.29, 0.717) is 0 Å². The number of hydrogen-bond donors (Lipinski definition) is 0. The van der Waals surface area contributed by atoms with E-state index >= 15 is 0 Å². The zero-order valence-corrected chi connectivity index (χ0v) is 8.90. The SMILES string of the molecule is CPP.[U]. The predicted octanol–water partition coefficient (Wildman–Crippen LogP) is 1.08. The summed E-state index contributed by atoms with van der Waals surface area (Å²) in [5.41, 5.74) is 0. The van der Waals surface area contributed by atoms with Gasteiger partial charge >= 0.3 is 0 Å². The maximum absolute atomic E-state index is 2.61. The average Bonchev–Trinajstić information content (AvgIpc) is 0.918. The van der Waals surface area contributed by atoms with Crippen molar-refractivity contribution in [3.05, 3.63) is 0 Å². The number of rotatable bonds is 0. The molecular weight excluding hydrogens is 312 g/mol. The van der Waals surface area contributed by atoms with Crippen molar-refractivity contribution in [1.82, 2.24) is 0 Å². The van der Waals surface area contributed by atoms with Crippen LogP contribution in [0.15, 0.2) is 0 Å². The Morgan fingerprint density at radius 1 is 1.75 bits per heavy atom. The van der Waals surface area contributed by atoms with Gasteiger partial charge in [0, 0.05) is 31.1 Å². The van der Waals surface area contributed by atoms with Crippen LogP contribution in [0.1, 0.15) is 0 Å². The van der Waals surface area contributed by atoms with Crippen molar-refractivity contribution in [2.45, 2.75) is 0 Å². The molecule has 0 fully saturated rings. The summed E-state index contributed by atoms with van der Waals surface area (Å²) in [5.74, 6) is 0. The van der Waals surface area contributed by atoms with E-state index in [1.807, 2.05) is 0 Å². The first kappa shape index (κ1) is 9.32. The van der Waals surface area contributed by atoms with Crippen LogP contribution in [0.4, 0.5) is 0 Å². The fraction of sp³-hybridized carbons (Fsp3) is 1.00. The molecular formula is CH6P2U. The molecule has 24 valence electrons. The molecule has 0 bridgehead atoms. The van der Waals surface area contributed by atoms with Crippen LogP contribution in [0.25, 0.3) is 0 Å². The van der Waals surface area contributed by atoms with E-state index in [-0.39, 0.29) is 31.1 Å². The first-order chi connectivity index (χ1) is 1.41. The summed E-state index contributed by atoms with van der Waals surface area (Å²) >= 11 is 0. The Morgan fingerprint density at radius 3 is 1.75 bits per heavy atom. The van der Waals surface area contributed by atoms with Gasteiger partial charge in [-0.25, -0.2) is 0 Å². The third kappa shape index (κ3) is 9.07. The van der Waals surface area contributed by atoms with Crippen molar-refractivity contribution >= 4 is 17.2 Å². The van der Waals surface area contributed by atoms with E-state index in [1.54, 1.807) is 0 Å². The summed E-state index contributed by atoms with van der Waals surface area (Å²) in [6.45, 7) is 2.12. The molecule has 0 aliphatic heterocycles. The summed E-state index contributed by atoms with van der Waals surface area (Å²) in [4.78, 5) is 0. The standard InChI is InChI=1S/CH6P2.U/c1-3-2;/h3H,2H2,1H3;. The summed E-state index contributed by atoms with van der Waals surface area (Å²) in [5, 5.41) is 0. The first-order valence-electron chi connectivity index (χ1n) is 0.789. The monoisotopic (exact) mass is 318 g/mol. The molecule has 0 saturated heterocycles. The summed E-state index contributed by atoms with van der Waals surface area (Å²) in [6, 6.07) is 0. The minimum atomic E-state index is 0. The van der Waals surface area contributed by atoms with E-state index in [1.165, 1.54) is 0 Å². The van der Waals surface area contributed by atoms with E-state index in [4.69, 9.17) is 0 Å². The normalized spacial score (nSPS) is 7.50. The van der Waals surface area contributed by atoms with E-state index < -0.39 is 0 Å². The van der Waals surface area contributed by atoms with Crippen LogP contribution in [0.3, 0.4) is 0 Å². The van der Waals surface area contributed by atoms with Crippen LogP contribution >= 0.6 is 17.2 Å². The Labute approximate surface area is 54.8 Å². The second kappa shape index (κ2) is 8.86. The number of hydrogen-bond acceptors (Lipinski definition) is 0. The largest absolute Gasteiger partial charge is 0.115 e. The molecule has 0 aromatic rings. The van der Waals surface area contributed by atoms with Crippen LogP contribution in [0, 0.1) is 31.1 Å². The van der Waals surface area contributed by atoms with Crippen molar-refractivity contribution in [3.8, 4) is 0 Å². The van der Waals surface area contributed by atoms with Crippen molar-refractivity contribution < 1.29 is 31.1 Å². The summed E-state index contributed by atoms with van der Waals surface area (Å²) in [6.07, 6.45) is 0. The maximum atomic E-state index is 2.61. The predicted molar refractivity (Wildman–Crippen MR) is 23.9 cm³/mol. The molecule has 0 radical (unpaired) electrons. The van der Waals surface area contributed by atoms with Gasteiger partial charge in [0.05, 0.1) is 0 Å². The van der Waals surface area contributed by atoms with Crippen molar-refractivity contribution in [2.24, 2.45) is 0 Å². The minimum Gasteiger partial charge on any atom is -0.115 e. The van der Waals surface area contributed by atoms with Crippen LogP contribution < -0.4 is 0 Å². The van der Waals surface area contributed by atoms with Gasteiger partial charge in [-0.1, -0.05) is 0 Å². The van der Waals surface area contributed by atoms with Gasteiger partial charge in [-0.05, 0) is 6.66 Å². The molecule has 0 spiro atoms. The molecule has 0 heterocycles. The molecule has 0 saturated carbocycles. The second-order valence-electron chi connectivity index (χ2n) is 0.289. The zero-order chi connectivity index (χ0) is 2.71. The second-order valence-corrected chi connectivity index (χ2v) is 2.60. The van der Waals surface area contributed by atoms with Crippen molar-refractivity contribution in [1.29, 1.82) is 0 Å². The molecule has 2 atom stereocenters. The molecule has 0 aliphatic carbocycles. The Hall–Kier alpha value is 1.91. The van der Waals surface area contributed by atoms with E-state index in [9.17, 15) is 0 Å². The van der Waals surface area contributed by atoms with Gasteiger partial charge in [0.2, 0.25) is 0 Å². The molecule has 0 aromatic heterocycles. The Bertz CT molecular complexity index is 6.00. The summed E-state index contributed by atoms with van der Waals surface area (Å²) < 4.78 is 0. The van der Waals surface area contributed by atoms with Gasteiger partial charge in [0.25, 0.3) is 0 Å². The smallest absolute Gasteiger partial charge is 0 e. The molecule has 0 nitrogen and oxygen atoms in total. The third-order valence-electron chi connectivity index (χ3n) is 0. The molecule has 0 aromatic carbocycles. The molecule has 0 rings (SSSR count). The maximum Gasteiger partial charge on any atom is 0 e. The molecule has 0 aliphatic rings. The third-order valence-corrected chi connectivity index (χ3v) is 0. The van der Waals surface area contributed by atoms with Gasteiger partial charge in [-0.3, -0.25) is 0 Å². The average molecular weight is 318 g/mol. The first-order valence-corrected chi connectivity index (χ1v) is 4.10. The fourth-order valence-corrected chi connectivity index (χ4v) is 0. The van der Waals surface area contributed by atoms with Crippen molar-refractivity contribution in [3.63, 3.8) is 0 Å². The van der Waals surface area contributed by atoms with E-state index in [2.05, 4.69) is 15.6 Å². The zero-order valence-electron chi connectivity index (χ0n) is 2.58. The fourth-order valence-electron chi connectivity index (χ4n) is 0. The minimum absolute atomic E-state index is 0. The molecule has 3 heteroatoms. The molecule has 0 amide bonds. The summed E-state index contributed by atoms with van der Waals surface area (Å²) in [7, 11) is 3.61. The molecule has 0 N–H and O–H groups in total. The molecule has 2 unspecified atom stereocenters. The Morgan fingerprint density at radius 2 is 1.75 bits per heavy atom. The van der Waals surface area contributed by atoms with Gasteiger partial charge < -0.3 is 0 Å². The Balaban J connectivity index is 0. The van der Waals surface area contributed by atoms with E-state index in [0.717, 1.165) is 8.27 Å². The van der Waals surface area contributed by atoms with Crippen LogP contribution in [0.5, 0.6) is 0 Å². The molecule has 4 heavy (non-hydrogen) atoms. The van der Waals surface area contributed by atoms with Gasteiger partial charge in [0.15, 0.2) is 0 Å². The van der Waals surface area contributed by atoms with Gasteiger partial charge in [0.1, 0.15) is 0 Å². The van der Waals surface area contributed by atoms with Gasteiger partial charge in [-0.2, -0.15) is 0 Å². The van der Waals surface area contributed by atoms with Crippen molar-refractivity contribution in [2.75, 3.05) is 6.66 Å². The van der Waals surface area contributed by atoms with Gasteiger partial charge in [-0.15, -0.1) is 17.2 Å². The van der Waals surface area contributed by atoms with Crippen LogP contribution in [-0.2, 0) is 0 Å². The quantitative estimate of drug-likeness (QED) is 0.587. The Kier molecular flexibility index (Phi) is 20.7. The van der Waals surface area contributed by atoms with Crippen LogP contribution in [0.2, 0.25) is 0 Å². The topological polar surface area (TPSA) is 0 Å².